The molecule has 1 aliphatic heterocycles. The Morgan fingerprint density at radius 1 is 1.28 bits per heavy atom. The number of amides is 2. The first kappa shape index (κ1) is 15.8. The summed E-state index contributed by atoms with van der Waals surface area (Å²) < 4.78 is 11.9. The lowest BCUT2D eigenvalue weighted by Gasteiger charge is -2.26. The summed E-state index contributed by atoms with van der Waals surface area (Å²) in [4.78, 5) is 26.1. The minimum Gasteiger partial charge on any atom is -0.378 e. The van der Waals surface area contributed by atoms with Gasteiger partial charge in [-0.25, -0.2) is 0 Å². The molecule has 0 bridgehead atoms. The van der Waals surface area contributed by atoms with Crippen molar-refractivity contribution < 1.29 is 18.8 Å². The van der Waals surface area contributed by atoms with Gasteiger partial charge in [-0.2, -0.15) is 5.10 Å². The highest BCUT2D eigenvalue weighted by atomic mass is 16.5. The zero-order valence-electron chi connectivity index (χ0n) is 13.7. The predicted molar refractivity (Wildman–Crippen MR) is 86.1 cm³/mol. The Morgan fingerprint density at radius 3 is 2.84 bits per heavy atom. The van der Waals surface area contributed by atoms with Crippen LogP contribution >= 0.6 is 0 Å². The lowest BCUT2D eigenvalue weighted by molar-refractivity contribution is -0.136. The molecule has 1 N–H and O–H groups in total. The summed E-state index contributed by atoms with van der Waals surface area (Å²) in [6.45, 7) is 2.45. The summed E-state index contributed by atoms with van der Waals surface area (Å²) in [7, 11) is 0. The van der Waals surface area contributed by atoms with E-state index >= 15 is 0 Å². The van der Waals surface area contributed by atoms with E-state index in [1.807, 2.05) is 0 Å². The first-order valence-corrected chi connectivity index (χ1v) is 8.35. The molecule has 0 spiro atoms. The van der Waals surface area contributed by atoms with Gasteiger partial charge in [0.05, 0.1) is 25.1 Å². The van der Waals surface area contributed by atoms with Crippen molar-refractivity contribution in [2.45, 2.75) is 25.3 Å². The average molecular weight is 345 g/mol. The maximum atomic E-state index is 12.2. The summed E-state index contributed by atoms with van der Waals surface area (Å²) in [5.74, 6) is 0.796. The van der Waals surface area contributed by atoms with Gasteiger partial charge in [-0.15, -0.1) is 0 Å². The fraction of sp³-hybridized carbons (Fsp3) is 0.500. The number of morpholine rings is 1. The van der Waals surface area contributed by atoms with Crippen molar-refractivity contribution in [2.24, 2.45) is 0 Å². The molecular weight excluding hydrogens is 326 g/mol. The van der Waals surface area contributed by atoms with Crippen LogP contribution in [0.15, 0.2) is 23.0 Å². The van der Waals surface area contributed by atoms with Crippen LogP contribution in [0, 0.1) is 0 Å². The molecule has 0 aromatic carbocycles. The summed E-state index contributed by atoms with van der Waals surface area (Å²) in [6, 6.07) is 1.68. The van der Waals surface area contributed by atoms with Crippen LogP contribution in [-0.2, 0) is 16.1 Å². The van der Waals surface area contributed by atoms with Gasteiger partial charge < -0.3 is 19.5 Å². The molecule has 25 heavy (non-hydrogen) atoms. The van der Waals surface area contributed by atoms with Crippen molar-refractivity contribution in [3.8, 4) is 0 Å². The van der Waals surface area contributed by atoms with E-state index < -0.39 is 0 Å². The van der Waals surface area contributed by atoms with Crippen molar-refractivity contribution in [2.75, 3.05) is 31.6 Å². The van der Waals surface area contributed by atoms with E-state index in [0.29, 0.717) is 37.9 Å². The number of anilines is 1. The Kier molecular flexibility index (Phi) is 4.22. The highest BCUT2D eigenvalue weighted by molar-refractivity contribution is 6.02. The third-order valence-corrected chi connectivity index (χ3v) is 4.29. The molecule has 0 unspecified atom stereocenters. The maximum Gasteiger partial charge on any atom is 0.277 e. The number of carbonyl (C=O) groups is 2. The third kappa shape index (κ3) is 3.71. The Hall–Kier alpha value is -2.68. The van der Waals surface area contributed by atoms with E-state index in [0.717, 1.165) is 18.6 Å². The smallest absolute Gasteiger partial charge is 0.277 e. The molecule has 2 aromatic rings. The highest BCUT2D eigenvalue weighted by Crippen LogP contribution is 2.40. The van der Waals surface area contributed by atoms with E-state index in [1.165, 1.54) is 10.9 Å². The van der Waals surface area contributed by atoms with Gasteiger partial charge in [-0.3, -0.25) is 14.3 Å². The molecule has 0 radical (unpaired) electrons. The molecule has 1 aliphatic carbocycles. The Labute approximate surface area is 143 Å². The molecular formula is C16H19N5O4. The van der Waals surface area contributed by atoms with Crippen LogP contribution in [0.5, 0.6) is 0 Å². The zero-order chi connectivity index (χ0) is 17.2. The van der Waals surface area contributed by atoms with Gasteiger partial charge in [0.15, 0.2) is 5.69 Å². The normalized spacial score (nSPS) is 17.5. The highest BCUT2D eigenvalue weighted by Gasteiger charge is 2.29. The van der Waals surface area contributed by atoms with E-state index in [1.54, 1.807) is 17.2 Å². The molecule has 132 valence electrons. The van der Waals surface area contributed by atoms with Gasteiger partial charge in [0.1, 0.15) is 12.3 Å². The van der Waals surface area contributed by atoms with Crippen molar-refractivity contribution >= 4 is 17.5 Å². The minimum absolute atomic E-state index is 0.0187. The fourth-order valence-corrected chi connectivity index (χ4v) is 2.72. The number of hydrogen-bond acceptors (Lipinski definition) is 6. The van der Waals surface area contributed by atoms with Crippen molar-refractivity contribution in [1.82, 2.24) is 19.8 Å². The number of nitrogens with zero attached hydrogens (tertiary/aromatic N) is 4. The van der Waals surface area contributed by atoms with E-state index in [4.69, 9.17) is 9.26 Å². The predicted octanol–water partition coefficient (Wildman–Crippen LogP) is 0.860. The van der Waals surface area contributed by atoms with Crippen molar-refractivity contribution in [3.63, 3.8) is 0 Å². The molecule has 9 heteroatoms. The summed E-state index contributed by atoms with van der Waals surface area (Å²) in [5, 5.41) is 10.6. The molecule has 4 rings (SSSR count). The van der Waals surface area contributed by atoms with Gasteiger partial charge in [0.2, 0.25) is 5.91 Å². The molecule has 2 amide bonds. The Morgan fingerprint density at radius 2 is 2.08 bits per heavy atom. The number of rotatable bonds is 5. The van der Waals surface area contributed by atoms with Crippen LogP contribution in [0.4, 0.5) is 5.69 Å². The summed E-state index contributed by atoms with van der Waals surface area (Å²) >= 11 is 0. The molecule has 2 aromatic heterocycles. The first-order chi connectivity index (χ1) is 12.2. The van der Waals surface area contributed by atoms with E-state index in [2.05, 4.69) is 15.6 Å². The first-order valence-electron chi connectivity index (χ1n) is 8.35. The van der Waals surface area contributed by atoms with Crippen LogP contribution in [0.25, 0.3) is 0 Å². The Bertz CT molecular complexity index is 773. The Balaban J connectivity index is 1.33. The molecule has 9 nitrogen and oxygen atoms in total. The van der Waals surface area contributed by atoms with Gasteiger partial charge in [0, 0.05) is 31.3 Å². The third-order valence-electron chi connectivity index (χ3n) is 4.29. The van der Waals surface area contributed by atoms with Crippen molar-refractivity contribution in [3.05, 3.63) is 29.9 Å². The maximum absolute atomic E-state index is 12.2. The molecule has 2 aliphatic rings. The molecule has 2 fully saturated rings. The number of hydrogen-bond donors (Lipinski definition) is 1. The minimum atomic E-state index is -0.352. The molecule has 1 saturated carbocycles. The lowest BCUT2D eigenvalue weighted by Crippen LogP contribution is -2.42. The lowest BCUT2D eigenvalue weighted by atomic mass is 10.3. The van der Waals surface area contributed by atoms with Crippen LogP contribution in [0.3, 0.4) is 0 Å². The van der Waals surface area contributed by atoms with Crippen LogP contribution < -0.4 is 5.32 Å². The van der Waals surface area contributed by atoms with Gasteiger partial charge in [-0.1, -0.05) is 5.16 Å². The van der Waals surface area contributed by atoms with Crippen LogP contribution in [0.1, 0.15) is 35.0 Å². The zero-order valence-corrected chi connectivity index (χ0v) is 13.7. The summed E-state index contributed by atoms with van der Waals surface area (Å²) in [5.41, 5.74) is 0.759. The largest absolute Gasteiger partial charge is 0.378 e. The van der Waals surface area contributed by atoms with Crippen LogP contribution in [0.2, 0.25) is 0 Å². The van der Waals surface area contributed by atoms with Crippen molar-refractivity contribution in [1.29, 1.82) is 0 Å². The second-order valence-electron chi connectivity index (χ2n) is 6.26. The molecule has 3 heterocycles. The number of nitrogens with one attached hydrogen (secondary N) is 1. The quantitative estimate of drug-likeness (QED) is 0.862. The molecule has 0 atom stereocenters. The standard InChI is InChI=1S/C16H19N5O4/c22-15(20-3-5-24-6-4-20)10-21-9-12(8-17-21)18-16(23)13-7-14(25-19-13)11-1-2-11/h7-9,11H,1-6,10H2,(H,18,23). The molecule has 1 saturated heterocycles. The second-order valence-corrected chi connectivity index (χ2v) is 6.26. The van der Waals surface area contributed by atoms with E-state index in [9.17, 15) is 9.59 Å². The topological polar surface area (TPSA) is 102 Å². The summed E-state index contributed by atoms with van der Waals surface area (Å²) in [6.07, 6.45) is 5.30. The van der Waals surface area contributed by atoms with Crippen LogP contribution in [-0.4, -0.2) is 58.0 Å². The van der Waals surface area contributed by atoms with Gasteiger partial charge in [-0.05, 0) is 12.8 Å². The van der Waals surface area contributed by atoms with Gasteiger partial charge in [0.25, 0.3) is 5.91 Å². The number of aromatic nitrogens is 3. The van der Waals surface area contributed by atoms with E-state index in [-0.39, 0.29) is 24.1 Å². The second kappa shape index (κ2) is 6.67. The number of ether oxygens (including phenoxy) is 1. The number of carbonyl (C=O) groups excluding carboxylic acids is 2. The SMILES string of the molecule is O=C(Nc1cnn(CC(=O)N2CCOCC2)c1)c1cc(C2CC2)on1. The van der Waals surface area contributed by atoms with Gasteiger partial charge >= 0.3 is 0 Å². The average Bonchev–Trinajstić information content (AvgIpc) is 3.19. The monoisotopic (exact) mass is 345 g/mol. The fourth-order valence-electron chi connectivity index (χ4n) is 2.72.